The van der Waals surface area contributed by atoms with Gasteiger partial charge in [0, 0.05) is 14.1 Å². The minimum absolute atomic E-state index is 0.0803. The summed E-state index contributed by atoms with van der Waals surface area (Å²) in [5, 5.41) is 11.6. The molecule has 2 amide bonds. The Hall–Kier alpha value is -1.59. The van der Waals surface area contributed by atoms with Gasteiger partial charge in [-0.05, 0) is 18.8 Å². The van der Waals surface area contributed by atoms with E-state index in [0.29, 0.717) is 12.8 Å². The normalized spacial score (nSPS) is 26.7. The molecule has 1 aliphatic rings. The molecule has 0 radical (unpaired) electrons. The highest BCUT2D eigenvalue weighted by Crippen LogP contribution is 2.36. The summed E-state index contributed by atoms with van der Waals surface area (Å²) in [6.45, 7) is 1.86. The molecule has 0 saturated heterocycles. The monoisotopic (exact) mass is 256 g/mol. The van der Waals surface area contributed by atoms with Crippen LogP contribution in [0.15, 0.2) is 0 Å². The second-order valence-corrected chi connectivity index (χ2v) is 5.13. The Labute approximate surface area is 106 Å². The quantitative estimate of drug-likeness (QED) is 0.737. The van der Waals surface area contributed by atoms with E-state index in [1.165, 1.54) is 4.90 Å². The average Bonchev–Trinajstić information content (AvgIpc) is 2.67. The molecular weight excluding hydrogens is 236 g/mol. The van der Waals surface area contributed by atoms with Crippen molar-refractivity contribution in [1.29, 1.82) is 0 Å². The van der Waals surface area contributed by atoms with E-state index in [0.717, 1.165) is 0 Å². The summed E-state index contributed by atoms with van der Waals surface area (Å²) in [5.41, 5.74) is 0. The Bertz CT molecular complexity index is 354. The lowest BCUT2D eigenvalue weighted by molar-refractivity contribution is -0.146. The summed E-state index contributed by atoms with van der Waals surface area (Å²) in [5.74, 6) is -2.39. The smallest absolute Gasteiger partial charge is 0.307 e. The van der Waals surface area contributed by atoms with Crippen molar-refractivity contribution >= 4 is 17.8 Å². The van der Waals surface area contributed by atoms with Gasteiger partial charge in [0.15, 0.2) is 0 Å². The Morgan fingerprint density at radius 2 is 1.78 bits per heavy atom. The molecule has 0 aliphatic heterocycles. The number of hydrogen-bond donors (Lipinski definition) is 2. The summed E-state index contributed by atoms with van der Waals surface area (Å²) < 4.78 is 0. The Morgan fingerprint density at radius 3 is 2.28 bits per heavy atom. The number of rotatable bonds is 4. The molecule has 0 heterocycles. The second-order valence-electron chi connectivity index (χ2n) is 5.13. The van der Waals surface area contributed by atoms with Gasteiger partial charge in [0.25, 0.3) is 0 Å². The standard InChI is InChI=1S/C12H20N2O4/c1-7-4-8(9(5-7)12(17)18)11(16)13-6-10(15)14(2)3/h7-9H,4-6H2,1-3H3,(H,13,16)(H,17,18). The van der Waals surface area contributed by atoms with Crippen molar-refractivity contribution in [3.63, 3.8) is 0 Å². The molecule has 102 valence electrons. The third-order valence-electron chi connectivity index (χ3n) is 3.36. The van der Waals surface area contributed by atoms with E-state index < -0.39 is 17.8 Å². The van der Waals surface area contributed by atoms with Crippen LogP contribution in [0.25, 0.3) is 0 Å². The third-order valence-corrected chi connectivity index (χ3v) is 3.36. The lowest BCUT2D eigenvalue weighted by atomic mass is 9.95. The van der Waals surface area contributed by atoms with Gasteiger partial charge in [0.2, 0.25) is 11.8 Å². The van der Waals surface area contributed by atoms with Crippen LogP contribution in [0.2, 0.25) is 0 Å². The van der Waals surface area contributed by atoms with Crippen LogP contribution in [0, 0.1) is 17.8 Å². The molecule has 6 nitrogen and oxygen atoms in total. The minimum atomic E-state index is -0.932. The van der Waals surface area contributed by atoms with Crippen LogP contribution in [0.4, 0.5) is 0 Å². The predicted octanol–water partition coefficient (Wildman–Crippen LogP) is -0.0623. The highest BCUT2D eigenvalue weighted by atomic mass is 16.4. The van der Waals surface area contributed by atoms with Gasteiger partial charge in [-0.3, -0.25) is 14.4 Å². The van der Waals surface area contributed by atoms with Gasteiger partial charge >= 0.3 is 5.97 Å². The lowest BCUT2D eigenvalue weighted by Gasteiger charge is -2.16. The van der Waals surface area contributed by atoms with Gasteiger partial charge in [-0.1, -0.05) is 6.92 Å². The summed E-state index contributed by atoms with van der Waals surface area (Å²) >= 11 is 0. The highest BCUT2D eigenvalue weighted by Gasteiger charge is 2.41. The molecule has 1 fully saturated rings. The summed E-state index contributed by atoms with van der Waals surface area (Å²) in [4.78, 5) is 35.7. The predicted molar refractivity (Wildman–Crippen MR) is 64.7 cm³/mol. The van der Waals surface area contributed by atoms with Crippen LogP contribution in [-0.4, -0.2) is 48.4 Å². The molecule has 1 saturated carbocycles. The maximum Gasteiger partial charge on any atom is 0.307 e. The molecule has 18 heavy (non-hydrogen) atoms. The molecule has 0 aromatic heterocycles. The van der Waals surface area contributed by atoms with Crippen molar-refractivity contribution < 1.29 is 19.5 Å². The van der Waals surface area contributed by atoms with Crippen molar-refractivity contribution in [3.05, 3.63) is 0 Å². The van der Waals surface area contributed by atoms with Gasteiger partial charge in [-0.15, -0.1) is 0 Å². The molecule has 6 heteroatoms. The SMILES string of the molecule is CC1CC(C(=O)O)C(C(=O)NCC(=O)N(C)C)C1. The van der Waals surface area contributed by atoms with Crippen LogP contribution >= 0.6 is 0 Å². The van der Waals surface area contributed by atoms with Crippen molar-refractivity contribution in [2.24, 2.45) is 17.8 Å². The van der Waals surface area contributed by atoms with E-state index in [9.17, 15) is 14.4 Å². The van der Waals surface area contributed by atoms with Crippen molar-refractivity contribution in [3.8, 4) is 0 Å². The number of carboxylic acid groups (broad SMARTS) is 1. The van der Waals surface area contributed by atoms with Gasteiger partial charge in [0.05, 0.1) is 18.4 Å². The minimum Gasteiger partial charge on any atom is -0.481 e. The molecule has 3 unspecified atom stereocenters. The molecule has 0 spiro atoms. The fraction of sp³-hybridized carbons (Fsp3) is 0.750. The third kappa shape index (κ3) is 3.45. The molecule has 1 rings (SSSR count). The summed E-state index contributed by atoms with van der Waals surface area (Å²) in [7, 11) is 3.21. The molecule has 2 N–H and O–H groups in total. The molecule has 0 bridgehead atoms. The molecule has 1 aliphatic carbocycles. The van der Waals surface area contributed by atoms with E-state index in [2.05, 4.69) is 5.32 Å². The van der Waals surface area contributed by atoms with Crippen LogP contribution in [0.5, 0.6) is 0 Å². The Kier molecular flexibility index (Phi) is 4.69. The Morgan fingerprint density at radius 1 is 1.22 bits per heavy atom. The van der Waals surface area contributed by atoms with Crippen molar-refractivity contribution in [2.75, 3.05) is 20.6 Å². The first-order valence-electron chi connectivity index (χ1n) is 6.03. The van der Waals surface area contributed by atoms with E-state index in [4.69, 9.17) is 5.11 Å². The van der Waals surface area contributed by atoms with Gasteiger partial charge in [-0.25, -0.2) is 0 Å². The van der Waals surface area contributed by atoms with E-state index >= 15 is 0 Å². The number of aliphatic carboxylic acids is 1. The number of carbonyl (C=O) groups is 3. The molecular formula is C12H20N2O4. The fourth-order valence-electron chi connectivity index (χ4n) is 2.31. The molecule has 0 aromatic rings. The van der Waals surface area contributed by atoms with Crippen LogP contribution < -0.4 is 5.32 Å². The topological polar surface area (TPSA) is 86.7 Å². The summed E-state index contributed by atoms with van der Waals surface area (Å²) in [6, 6.07) is 0. The van der Waals surface area contributed by atoms with Crippen LogP contribution in [-0.2, 0) is 14.4 Å². The van der Waals surface area contributed by atoms with Gasteiger partial charge in [0.1, 0.15) is 0 Å². The molecule has 0 aromatic carbocycles. The number of carboxylic acids is 1. The van der Waals surface area contributed by atoms with Crippen LogP contribution in [0.3, 0.4) is 0 Å². The first-order chi connectivity index (χ1) is 8.32. The zero-order valence-electron chi connectivity index (χ0n) is 11.0. The first kappa shape index (κ1) is 14.5. The zero-order chi connectivity index (χ0) is 13.9. The van der Waals surface area contributed by atoms with Crippen molar-refractivity contribution in [2.45, 2.75) is 19.8 Å². The number of nitrogens with zero attached hydrogens (tertiary/aromatic N) is 1. The number of amides is 2. The van der Waals surface area contributed by atoms with E-state index in [1.54, 1.807) is 14.1 Å². The van der Waals surface area contributed by atoms with E-state index in [-0.39, 0.29) is 24.3 Å². The number of carbonyl (C=O) groups excluding carboxylic acids is 2. The number of likely N-dealkylation sites (N-methyl/N-ethyl adjacent to an activating group) is 1. The maximum absolute atomic E-state index is 11.9. The Balaban J connectivity index is 2.55. The largest absolute Gasteiger partial charge is 0.481 e. The van der Waals surface area contributed by atoms with Gasteiger partial charge in [-0.2, -0.15) is 0 Å². The lowest BCUT2D eigenvalue weighted by Crippen LogP contribution is -2.41. The second kappa shape index (κ2) is 5.84. The maximum atomic E-state index is 11.9. The fourth-order valence-corrected chi connectivity index (χ4v) is 2.31. The average molecular weight is 256 g/mol. The summed E-state index contributed by atoms with van der Waals surface area (Å²) in [6.07, 6.45) is 1.09. The molecule has 3 atom stereocenters. The number of nitrogens with one attached hydrogen (secondary N) is 1. The first-order valence-corrected chi connectivity index (χ1v) is 6.03. The zero-order valence-corrected chi connectivity index (χ0v) is 11.0. The highest BCUT2D eigenvalue weighted by molar-refractivity contribution is 5.88. The number of hydrogen-bond acceptors (Lipinski definition) is 3. The van der Waals surface area contributed by atoms with Gasteiger partial charge < -0.3 is 15.3 Å². The van der Waals surface area contributed by atoms with Crippen LogP contribution in [0.1, 0.15) is 19.8 Å². The van der Waals surface area contributed by atoms with E-state index in [1.807, 2.05) is 6.92 Å². The van der Waals surface area contributed by atoms with Crippen molar-refractivity contribution in [1.82, 2.24) is 10.2 Å².